The van der Waals surface area contributed by atoms with Crippen LogP contribution in [0.3, 0.4) is 0 Å². The second kappa shape index (κ2) is 3.75. The van der Waals surface area contributed by atoms with Crippen LogP contribution >= 0.6 is 0 Å². The predicted molar refractivity (Wildman–Crippen MR) is 49.1 cm³/mol. The van der Waals surface area contributed by atoms with Crippen molar-refractivity contribution >= 4 is 0 Å². The van der Waals surface area contributed by atoms with Crippen molar-refractivity contribution in [2.24, 2.45) is 11.8 Å². The van der Waals surface area contributed by atoms with E-state index in [1.165, 1.54) is 32.5 Å². The summed E-state index contributed by atoms with van der Waals surface area (Å²) < 4.78 is 5.37. The standard InChI is InChI=1S/C10H19NO/c1-9-2-4-11(6-9)7-10-3-5-12-8-10/h9-10H,2-8H2,1H3/t9-,10?/m1/s1. The Morgan fingerprint density at radius 1 is 1.42 bits per heavy atom. The molecule has 0 amide bonds. The van der Waals surface area contributed by atoms with Gasteiger partial charge < -0.3 is 9.64 Å². The van der Waals surface area contributed by atoms with Crippen molar-refractivity contribution in [3.05, 3.63) is 0 Å². The maximum absolute atomic E-state index is 5.37. The highest BCUT2D eigenvalue weighted by molar-refractivity contribution is 4.76. The van der Waals surface area contributed by atoms with E-state index in [9.17, 15) is 0 Å². The molecule has 2 atom stereocenters. The van der Waals surface area contributed by atoms with E-state index in [4.69, 9.17) is 4.74 Å². The van der Waals surface area contributed by atoms with E-state index in [0.29, 0.717) is 0 Å². The van der Waals surface area contributed by atoms with Crippen LogP contribution in [0.25, 0.3) is 0 Å². The zero-order valence-corrected chi connectivity index (χ0v) is 7.96. The Bertz CT molecular complexity index is 143. The van der Waals surface area contributed by atoms with E-state index in [0.717, 1.165) is 25.0 Å². The van der Waals surface area contributed by atoms with Crippen LogP contribution < -0.4 is 0 Å². The van der Waals surface area contributed by atoms with Gasteiger partial charge in [0.15, 0.2) is 0 Å². The average Bonchev–Trinajstić information content (AvgIpc) is 2.63. The summed E-state index contributed by atoms with van der Waals surface area (Å²) in [5, 5.41) is 0. The summed E-state index contributed by atoms with van der Waals surface area (Å²) in [6.45, 7) is 8.27. The van der Waals surface area contributed by atoms with Crippen molar-refractivity contribution in [1.29, 1.82) is 0 Å². The molecule has 12 heavy (non-hydrogen) atoms. The van der Waals surface area contributed by atoms with Gasteiger partial charge in [0.1, 0.15) is 0 Å². The maximum atomic E-state index is 5.37. The highest BCUT2D eigenvalue weighted by Gasteiger charge is 2.23. The molecule has 0 bridgehead atoms. The number of hydrogen-bond acceptors (Lipinski definition) is 2. The summed E-state index contributed by atoms with van der Waals surface area (Å²) in [5.74, 6) is 1.75. The lowest BCUT2D eigenvalue weighted by atomic mass is 10.1. The molecule has 0 aromatic carbocycles. The van der Waals surface area contributed by atoms with Crippen LogP contribution in [0.5, 0.6) is 0 Å². The van der Waals surface area contributed by atoms with Gasteiger partial charge in [-0.1, -0.05) is 6.92 Å². The molecular formula is C10H19NO. The smallest absolute Gasteiger partial charge is 0.0507 e. The molecule has 0 saturated carbocycles. The SMILES string of the molecule is C[C@@H]1CCN(CC2CCOC2)C1. The number of rotatable bonds is 2. The molecule has 1 unspecified atom stereocenters. The molecule has 2 rings (SSSR count). The summed E-state index contributed by atoms with van der Waals surface area (Å²) >= 11 is 0. The Hall–Kier alpha value is -0.0800. The minimum absolute atomic E-state index is 0.829. The minimum atomic E-state index is 0.829. The molecular weight excluding hydrogens is 150 g/mol. The van der Waals surface area contributed by atoms with E-state index < -0.39 is 0 Å². The fourth-order valence-corrected chi connectivity index (χ4v) is 2.28. The third-order valence-electron chi connectivity index (χ3n) is 3.05. The van der Waals surface area contributed by atoms with Crippen LogP contribution in [0, 0.1) is 11.8 Å². The predicted octanol–water partition coefficient (Wildman–Crippen LogP) is 1.36. The Morgan fingerprint density at radius 2 is 2.33 bits per heavy atom. The van der Waals surface area contributed by atoms with Crippen LogP contribution in [0.15, 0.2) is 0 Å². The first-order valence-corrected chi connectivity index (χ1v) is 5.14. The Labute approximate surface area is 74.9 Å². The first-order chi connectivity index (χ1) is 5.84. The summed E-state index contributed by atoms with van der Waals surface area (Å²) in [5.41, 5.74) is 0. The summed E-state index contributed by atoms with van der Waals surface area (Å²) in [7, 11) is 0. The van der Waals surface area contributed by atoms with Crippen molar-refractivity contribution in [1.82, 2.24) is 4.90 Å². The average molecular weight is 169 g/mol. The van der Waals surface area contributed by atoms with Crippen molar-refractivity contribution in [3.8, 4) is 0 Å². The van der Waals surface area contributed by atoms with Gasteiger partial charge in [-0.05, 0) is 31.2 Å². The third kappa shape index (κ3) is 1.99. The Morgan fingerprint density at radius 3 is 2.92 bits per heavy atom. The van der Waals surface area contributed by atoms with E-state index >= 15 is 0 Å². The molecule has 0 spiro atoms. The molecule has 2 aliphatic rings. The molecule has 2 saturated heterocycles. The van der Waals surface area contributed by atoms with Gasteiger partial charge in [0.2, 0.25) is 0 Å². The van der Waals surface area contributed by atoms with Gasteiger partial charge in [-0.25, -0.2) is 0 Å². The highest BCUT2D eigenvalue weighted by atomic mass is 16.5. The molecule has 0 aromatic rings. The second-order valence-electron chi connectivity index (χ2n) is 4.38. The topological polar surface area (TPSA) is 12.5 Å². The summed E-state index contributed by atoms with van der Waals surface area (Å²) in [4.78, 5) is 2.60. The molecule has 2 heterocycles. The van der Waals surface area contributed by atoms with Crippen LogP contribution in [-0.2, 0) is 4.74 Å². The largest absolute Gasteiger partial charge is 0.381 e. The van der Waals surface area contributed by atoms with Gasteiger partial charge in [-0.15, -0.1) is 0 Å². The highest BCUT2D eigenvalue weighted by Crippen LogP contribution is 2.19. The zero-order chi connectivity index (χ0) is 8.39. The van der Waals surface area contributed by atoms with Gasteiger partial charge >= 0.3 is 0 Å². The lowest BCUT2D eigenvalue weighted by Gasteiger charge is -2.18. The molecule has 2 fully saturated rings. The lowest BCUT2D eigenvalue weighted by Crippen LogP contribution is -2.27. The second-order valence-corrected chi connectivity index (χ2v) is 4.38. The lowest BCUT2D eigenvalue weighted by molar-refractivity contribution is 0.173. The molecule has 2 heteroatoms. The zero-order valence-electron chi connectivity index (χ0n) is 7.96. The first kappa shape index (κ1) is 8.52. The fourth-order valence-electron chi connectivity index (χ4n) is 2.28. The van der Waals surface area contributed by atoms with E-state index in [1.807, 2.05) is 0 Å². The van der Waals surface area contributed by atoms with Gasteiger partial charge in [0.05, 0.1) is 6.61 Å². The monoisotopic (exact) mass is 169 g/mol. The molecule has 2 nitrogen and oxygen atoms in total. The molecule has 0 N–H and O–H groups in total. The number of likely N-dealkylation sites (tertiary alicyclic amines) is 1. The van der Waals surface area contributed by atoms with Crippen LogP contribution in [-0.4, -0.2) is 37.7 Å². The minimum Gasteiger partial charge on any atom is -0.381 e. The molecule has 2 aliphatic heterocycles. The Balaban J connectivity index is 1.72. The van der Waals surface area contributed by atoms with Crippen molar-refractivity contribution < 1.29 is 4.74 Å². The normalized spacial score (nSPS) is 37.8. The van der Waals surface area contributed by atoms with Crippen LogP contribution in [0.4, 0.5) is 0 Å². The van der Waals surface area contributed by atoms with Crippen molar-refractivity contribution in [2.45, 2.75) is 19.8 Å². The fraction of sp³-hybridized carbons (Fsp3) is 1.00. The van der Waals surface area contributed by atoms with Gasteiger partial charge in [0.25, 0.3) is 0 Å². The van der Waals surface area contributed by atoms with Crippen LogP contribution in [0.1, 0.15) is 19.8 Å². The number of hydrogen-bond donors (Lipinski definition) is 0. The first-order valence-electron chi connectivity index (χ1n) is 5.14. The van der Waals surface area contributed by atoms with Crippen molar-refractivity contribution in [3.63, 3.8) is 0 Å². The van der Waals surface area contributed by atoms with Crippen LogP contribution in [0.2, 0.25) is 0 Å². The van der Waals surface area contributed by atoms with Gasteiger partial charge in [0, 0.05) is 19.7 Å². The summed E-state index contributed by atoms with van der Waals surface area (Å²) in [6, 6.07) is 0. The maximum Gasteiger partial charge on any atom is 0.0507 e. The molecule has 0 aromatic heterocycles. The number of ether oxygens (including phenoxy) is 1. The van der Waals surface area contributed by atoms with Gasteiger partial charge in [-0.2, -0.15) is 0 Å². The molecule has 0 radical (unpaired) electrons. The molecule has 70 valence electrons. The quantitative estimate of drug-likeness (QED) is 0.619. The molecule has 0 aliphatic carbocycles. The van der Waals surface area contributed by atoms with E-state index in [-0.39, 0.29) is 0 Å². The van der Waals surface area contributed by atoms with Crippen molar-refractivity contribution in [2.75, 3.05) is 32.8 Å². The van der Waals surface area contributed by atoms with Gasteiger partial charge in [-0.3, -0.25) is 0 Å². The summed E-state index contributed by atoms with van der Waals surface area (Å²) in [6.07, 6.45) is 2.68. The number of nitrogens with zero attached hydrogens (tertiary/aromatic N) is 1. The van der Waals surface area contributed by atoms with E-state index in [1.54, 1.807) is 0 Å². The van der Waals surface area contributed by atoms with E-state index in [2.05, 4.69) is 11.8 Å². The third-order valence-corrected chi connectivity index (χ3v) is 3.05. The Kier molecular flexibility index (Phi) is 2.66.